The zero-order chi connectivity index (χ0) is 21.9. The molecule has 6 nitrogen and oxygen atoms in total. The number of hydrogen-bond donors (Lipinski definition) is 3. The summed E-state index contributed by atoms with van der Waals surface area (Å²) in [6.07, 6.45) is 2.06. The molecule has 3 N–H and O–H groups in total. The van der Waals surface area contributed by atoms with Crippen LogP contribution in [0.15, 0.2) is 72.2 Å². The van der Waals surface area contributed by atoms with Crippen molar-refractivity contribution in [1.82, 2.24) is 15.2 Å². The van der Waals surface area contributed by atoms with Crippen LogP contribution < -0.4 is 10.2 Å². The number of nitrogens with one attached hydrogen (secondary N) is 2. The summed E-state index contributed by atoms with van der Waals surface area (Å²) in [7, 11) is 0. The van der Waals surface area contributed by atoms with Gasteiger partial charge in [-0.3, -0.25) is 0 Å². The first-order valence-corrected chi connectivity index (χ1v) is 11.7. The molecule has 0 bridgehead atoms. The molecule has 0 spiro atoms. The Morgan fingerprint density at radius 3 is 2.59 bits per heavy atom. The average Bonchev–Trinajstić information content (AvgIpc) is 3.51. The van der Waals surface area contributed by atoms with Crippen LogP contribution in [-0.4, -0.2) is 53.7 Å². The molecule has 1 aliphatic heterocycles. The van der Waals surface area contributed by atoms with Gasteiger partial charge in [0.05, 0.1) is 5.69 Å². The van der Waals surface area contributed by atoms with Crippen molar-refractivity contribution in [2.75, 3.05) is 37.6 Å². The molecule has 164 valence electrons. The Bertz CT molecular complexity index is 1200. The largest absolute Gasteiger partial charge is 0.506 e. The number of hydrogen-bond acceptors (Lipinski definition) is 4. The smallest absolute Gasteiger partial charge is 0.317 e. The van der Waals surface area contributed by atoms with E-state index < -0.39 is 0 Å². The highest BCUT2D eigenvalue weighted by Crippen LogP contribution is 2.33. The number of carbonyl (C=O) groups is 1. The van der Waals surface area contributed by atoms with E-state index in [2.05, 4.69) is 51.0 Å². The number of anilines is 1. The fourth-order valence-corrected chi connectivity index (χ4v) is 5.26. The molecule has 0 aliphatic carbocycles. The van der Waals surface area contributed by atoms with Crippen molar-refractivity contribution in [1.29, 1.82) is 0 Å². The molecule has 1 atom stereocenters. The summed E-state index contributed by atoms with van der Waals surface area (Å²) in [5.74, 6) is 0.376. The first-order chi connectivity index (χ1) is 15.7. The minimum absolute atomic E-state index is 0.0386. The average molecular weight is 447 g/mol. The maximum Gasteiger partial charge on any atom is 0.317 e. The van der Waals surface area contributed by atoms with Crippen molar-refractivity contribution < 1.29 is 9.90 Å². The maximum atomic E-state index is 13.0. The van der Waals surface area contributed by atoms with Gasteiger partial charge in [0.25, 0.3) is 0 Å². The second-order valence-corrected chi connectivity index (χ2v) is 8.99. The molecular weight excluding hydrogens is 420 g/mol. The monoisotopic (exact) mass is 446 g/mol. The molecular formula is C25H26N4O2S. The predicted octanol–water partition coefficient (Wildman–Crippen LogP) is 4.60. The van der Waals surface area contributed by atoms with Crippen LogP contribution in [0.1, 0.15) is 16.4 Å². The van der Waals surface area contributed by atoms with Gasteiger partial charge in [0.2, 0.25) is 0 Å². The molecule has 0 saturated carbocycles. The van der Waals surface area contributed by atoms with Crippen molar-refractivity contribution in [3.05, 3.63) is 82.7 Å². The Balaban J connectivity index is 1.25. The number of fused-ring (bicyclic) bond motifs is 1. The topological polar surface area (TPSA) is 71.6 Å². The van der Waals surface area contributed by atoms with Crippen LogP contribution in [0.3, 0.4) is 0 Å². The summed E-state index contributed by atoms with van der Waals surface area (Å²) in [6, 6.07) is 19.8. The molecule has 7 heteroatoms. The van der Waals surface area contributed by atoms with Crippen LogP contribution in [0.2, 0.25) is 0 Å². The van der Waals surface area contributed by atoms with Crippen molar-refractivity contribution in [2.24, 2.45) is 0 Å². The van der Waals surface area contributed by atoms with E-state index in [4.69, 9.17) is 0 Å². The number of aromatic amines is 1. The van der Waals surface area contributed by atoms with E-state index in [9.17, 15) is 9.90 Å². The fraction of sp³-hybridized carbons (Fsp3) is 0.240. The third kappa shape index (κ3) is 4.03. The van der Waals surface area contributed by atoms with Gasteiger partial charge < -0.3 is 25.2 Å². The Morgan fingerprint density at radius 1 is 1.03 bits per heavy atom. The number of amides is 2. The molecule has 1 aliphatic rings. The number of urea groups is 1. The van der Waals surface area contributed by atoms with E-state index in [1.165, 1.54) is 15.8 Å². The number of thiophene rings is 1. The van der Waals surface area contributed by atoms with Gasteiger partial charge in [-0.05, 0) is 35.2 Å². The lowest BCUT2D eigenvalue weighted by Gasteiger charge is -2.36. The zero-order valence-corrected chi connectivity index (χ0v) is 18.5. The van der Waals surface area contributed by atoms with Crippen LogP contribution in [-0.2, 0) is 0 Å². The van der Waals surface area contributed by atoms with Gasteiger partial charge in [-0.15, -0.1) is 11.3 Å². The van der Waals surface area contributed by atoms with Gasteiger partial charge in [-0.2, -0.15) is 0 Å². The van der Waals surface area contributed by atoms with Crippen LogP contribution in [0, 0.1) is 0 Å². The molecule has 5 rings (SSSR count). The minimum Gasteiger partial charge on any atom is -0.506 e. The Hall–Kier alpha value is -3.45. The van der Waals surface area contributed by atoms with E-state index in [0.29, 0.717) is 32.7 Å². The number of aromatic hydroxyl groups is 1. The lowest BCUT2D eigenvalue weighted by molar-refractivity contribution is 0.194. The number of nitrogens with zero attached hydrogens (tertiary/aromatic N) is 2. The van der Waals surface area contributed by atoms with Crippen LogP contribution in [0.5, 0.6) is 5.75 Å². The molecule has 1 fully saturated rings. The first-order valence-electron chi connectivity index (χ1n) is 10.9. The summed E-state index contributed by atoms with van der Waals surface area (Å²) in [6.45, 7) is 3.18. The number of phenols is 1. The first kappa shape index (κ1) is 20.5. The van der Waals surface area contributed by atoms with Gasteiger partial charge in [0, 0.05) is 60.6 Å². The predicted molar refractivity (Wildman–Crippen MR) is 130 cm³/mol. The summed E-state index contributed by atoms with van der Waals surface area (Å²) in [4.78, 5) is 21.5. The summed E-state index contributed by atoms with van der Waals surface area (Å²) < 4.78 is 0. The number of benzene rings is 2. The second-order valence-electron chi connectivity index (χ2n) is 8.01. The van der Waals surface area contributed by atoms with E-state index >= 15 is 0 Å². The standard InChI is InChI=1S/C25H26N4O2S/c30-23-9-4-3-8-22(23)28-11-13-29(14-12-28)25(31)27-17-20(24-10-5-15-32-24)19-16-26-21-7-2-1-6-18(19)21/h1-10,15-16,20,26,30H,11-14,17H2,(H,27,31)/t20-/m1/s1. The van der Waals surface area contributed by atoms with Crippen LogP contribution in [0.25, 0.3) is 10.9 Å². The molecule has 2 aromatic carbocycles. The van der Waals surface area contributed by atoms with Gasteiger partial charge in [0.15, 0.2) is 0 Å². The molecule has 0 radical (unpaired) electrons. The SMILES string of the molecule is O=C(NC[C@@H](c1cccs1)c1c[nH]c2ccccc12)N1CCN(c2ccccc2O)CC1. The van der Waals surface area contributed by atoms with Gasteiger partial charge in [-0.1, -0.05) is 36.4 Å². The summed E-state index contributed by atoms with van der Waals surface area (Å²) in [5.41, 5.74) is 3.13. The Morgan fingerprint density at radius 2 is 1.81 bits per heavy atom. The van der Waals surface area contributed by atoms with Crippen molar-refractivity contribution in [3.63, 3.8) is 0 Å². The number of rotatable bonds is 5. The fourth-order valence-electron chi connectivity index (χ4n) is 4.42. The van der Waals surface area contributed by atoms with Crippen molar-refractivity contribution in [3.8, 4) is 5.75 Å². The third-order valence-corrected chi connectivity index (χ3v) is 7.12. The summed E-state index contributed by atoms with van der Waals surface area (Å²) in [5, 5.41) is 16.5. The van der Waals surface area contributed by atoms with Gasteiger partial charge in [-0.25, -0.2) is 4.79 Å². The highest BCUT2D eigenvalue weighted by Gasteiger charge is 2.25. The minimum atomic E-state index is -0.0386. The zero-order valence-electron chi connectivity index (χ0n) is 17.7. The Kier molecular flexibility index (Phi) is 5.73. The van der Waals surface area contributed by atoms with E-state index in [0.717, 1.165) is 11.2 Å². The van der Waals surface area contributed by atoms with E-state index in [1.807, 2.05) is 35.2 Å². The molecule has 2 amide bonds. The quantitative estimate of drug-likeness (QED) is 0.420. The number of aromatic nitrogens is 1. The number of carbonyl (C=O) groups excluding carboxylic acids is 1. The Labute approximate surface area is 191 Å². The molecule has 1 saturated heterocycles. The number of H-pyrrole nitrogens is 1. The molecule has 3 heterocycles. The van der Waals surface area contributed by atoms with Crippen LogP contribution >= 0.6 is 11.3 Å². The number of piperazine rings is 1. The third-order valence-electron chi connectivity index (χ3n) is 6.13. The van der Waals surface area contributed by atoms with Gasteiger partial charge in [0.1, 0.15) is 5.75 Å². The summed E-state index contributed by atoms with van der Waals surface area (Å²) >= 11 is 1.72. The molecule has 0 unspecified atom stereocenters. The van der Waals surface area contributed by atoms with E-state index in [1.54, 1.807) is 17.4 Å². The van der Waals surface area contributed by atoms with Crippen LogP contribution in [0.4, 0.5) is 10.5 Å². The van der Waals surface area contributed by atoms with Crippen molar-refractivity contribution >= 4 is 34.0 Å². The molecule has 4 aromatic rings. The number of para-hydroxylation sites is 3. The van der Waals surface area contributed by atoms with E-state index in [-0.39, 0.29) is 17.7 Å². The normalized spacial score (nSPS) is 15.1. The lowest BCUT2D eigenvalue weighted by atomic mass is 9.97. The maximum absolute atomic E-state index is 13.0. The highest BCUT2D eigenvalue weighted by atomic mass is 32.1. The highest BCUT2D eigenvalue weighted by molar-refractivity contribution is 7.10. The number of phenolic OH excluding ortho intramolecular Hbond substituents is 1. The lowest BCUT2D eigenvalue weighted by Crippen LogP contribution is -2.52. The second kappa shape index (κ2) is 8.96. The van der Waals surface area contributed by atoms with Crippen molar-refractivity contribution in [2.45, 2.75) is 5.92 Å². The molecule has 2 aromatic heterocycles. The van der Waals surface area contributed by atoms with Gasteiger partial charge >= 0.3 is 6.03 Å². The molecule has 32 heavy (non-hydrogen) atoms.